The molecule has 134 valence electrons. The molecule has 7 nitrogen and oxygen atoms in total. The van der Waals surface area contributed by atoms with Gasteiger partial charge in [0.2, 0.25) is 11.7 Å². The molecule has 0 radical (unpaired) electrons. The van der Waals surface area contributed by atoms with Crippen LogP contribution < -0.4 is 4.74 Å². The van der Waals surface area contributed by atoms with Crippen molar-refractivity contribution in [3.05, 3.63) is 36.2 Å². The van der Waals surface area contributed by atoms with E-state index >= 15 is 0 Å². The summed E-state index contributed by atoms with van der Waals surface area (Å²) in [5.41, 5.74) is 0. The molecule has 1 fully saturated rings. The van der Waals surface area contributed by atoms with Crippen LogP contribution in [0.15, 0.2) is 30.3 Å². The van der Waals surface area contributed by atoms with Crippen LogP contribution in [0.25, 0.3) is 0 Å². The summed E-state index contributed by atoms with van der Waals surface area (Å²) in [5.74, 6) is 2.00. The minimum Gasteiger partial charge on any atom is -0.485 e. The van der Waals surface area contributed by atoms with Gasteiger partial charge in [0.05, 0.1) is 0 Å². The molecule has 1 aromatic carbocycles. The molecule has 1 aliphatic rings. The van der Waals surface area contributed by atoms with Gasteiger partial charge < -0.3 is 9.64 Å². The molecule has 0 unspecified atom stereocenters. The van der Waals surface area contributed by atoms with E-state index in [1.54, 1.807) is 0 Å². The van der Waals surface area contributed by atoms with Gasteiger partial charge in [-0.1, -0.05) is 25.1 Å². The number of rotatable bonds is 6. The van der Waals surface area contributed by atoms with Crippen molar-refractivity contribution in [2.24, 2.45) is 5.92 Å². The van der Waals surface area contributed by atoms with Gasteiger partial charge in [0, 0.05) is 13.1 Å². The standard InChI is InChI=1S/C18H25N5O2/c1-14-8-10-15(11-9-14)22(2)18(24)12-23-20-17(19-21-23)13-25-16-6-4-3-5-7-16/h3-7,14-15H,8-13H2,1-2H3. The average molecular weight is 343 g/mol. The Morgan fingerprint density at radius 1 is 1.24 bits per heavy atom. The van der Waals surface area contributed by atoms with Crippen molar-refractivity contribution in [2.45, 2.75) is 51.8 Å². The highest BCUT2D eigenvalue weighted by Crippen LogP contribution is 2.26. The van der Waals surface area contributed by atoms with Gasteiger partial charge in [-0.3, -0.25) is 4.79 Å². The van der Waals surface area contributed by atoms with Crippen molar-refractivity contribution in [3.63, 3.8) is 0 Å². The van der Waals surface area contributed by atoms with Gasteiger partial charge in [-0.2, -0.15) is 4.80 Å². The molecule has 3 rings (SSSR count). The zero-order chi connectivity index (χ0) is 17.6. The number of carbonyl (C=O) groups excluding carboxylic acids is 1. The highest BCUT2D eigenvalue weighted by atomic mass is 16.5. The van der Waals surface area contributed by atoms with Gasteiger partial charge in [-0.05, 0) is 48.9 Å². The third-order valence-corrected chi connectivity index (χ3v) is 4.81. The van der Waals surface area contributed by atoms with Crippen LogP contribution in [0.2, 0.25) is 0 Å². The summed E-state index contributed by atoms with van der Waals surface area (Å²) in [5, 5.41) is 12.1. The predicted molar refractivity (Wildman–Crippen MR) is 92.8 cm³/mol. The van der Waals surface area contributed by atoms with Crippen molar-refractivity contribution in [1.82, 2.24) is 25.1 Å². The normalized spacial score (nSPS) is 20.2. The van der Waals surface area contributed by atoms with Gasteiger partial charge in [-0.15, -0.1) is 10.2 Å². The van der Waals surface area contributed by atoms with Gasteiger partial charge in [0.15, 0.2) is 6.61 Å². The summed E-state index contributed by atoms with van der Waals surface area (Å²) >= 11 is 0. The number of carbonyl (C=O) groups is 1. The summed E-state index contributed by atoms with van der Waals surface area (Å²) in [4.78, 5) is 15.6. The molecule has 1 amide bonds. The summed E-state index contributed by atoms with van der Waals surface area (Å²) in [6.07, 6.45) is 4.52. The van der Waals surface area contributed by atoms with E-state index in [1.807, 2.05) is 42.3 Å². The molecule has 0 aliphatic heterocycles. The van der Waals surface area contributed by atoms with E-state index in [1.165, 1.54) is 17.6 Å². The monoisotopic (exact) mass is 343 g/mol. The molecule has 2 aromatic rings. The Hall–Kier alpha value is -2.44. The zero-order valence-corrected chi connectivity index (χ0v) is 14.8. The molecule has 0 saturated heterocycles. The Morgan fingerprint density at radius 2 is 1.96 bits per heavy atom. The maximum atomic E-state index is 12.4. The quantitative estimate of drug-likeness (QED) is 0.804. The van der Waals surface area contributed by atoms with Crippen LogP contribution in [0.3, 0.4) is 0 Å². The van der Waals surface area contributed by atoms with E-state index in [2.05, 4.69) is 22.3 Å². The highest BCUT2D eigenvalue weighted by Gasteiger charge is 2.25. The van der Waals surface area contributed by atoms with Crippen molar-refractivity contribution in [2.75, 3.05) is 7.05 Å². The number of hydrogen-bond donors (Lipinski definition) is 0. The minimum absolute atomic E-state index is 0.0208. The molecule has 7 heteroatoms. The first-order valence-corrected chi connectivity index (χ1v) is 8.82. The fraction of sp³-hybridized carbons (Fsp3) is 0.556. The lowest BCUT2D eigenvalue weighted by Gasteiger charge is -2.33. The Kier molecular flexibility index (Phi) is 5.63. The number of tetrazole rings is 1. The Morgan fingerprint density at radius 3 is 2.68 bits per heavy atom. The molecular weight excluding hydrogens is 318 g/mol. The highest BCUT2D eigenvalue weighted by molar-refractivity contribution is 5.75. The minimum atomic E-state index is 0.0208. The number of likely N-dealkylation sites (N-methyl/N-ethyl adjacent to an activating group) is 1. The van der Waals surface area contributed by atoms with Gasteiger partial charge in [-0.25, -0.2) is 0 Å². The number of ether oxygens (including phenoxy) is 1. The number of benzene rings is 1. The maximum Gasteiger partial charge on any atom is 0.246 e. The van der Waals surface area contributed by atoms with Crippen molar-refractivity contribution in [3.8, 4) is 5.75 Å². The molecule has 0 spiro atoms. The molecule has 1 aliphatic carbocycles. The SMILES string of the molecule is CC1CCC(N(C)C(=O)Cn2nnc(COc3ccccc3)n2)CC1. The Balaban J connectivity index is 1.49. The third-order valence-electron chi connectivity index (χ3n) is 4.81. The van der Waals surface area contributed by atoms with Crippen LogP contribution in [0, 0.1) is 5.92 Å². The number of aromatic nitrogens is 4. The number of para-hydroxylation sites is 1. The second kappa shape index (κ2) is 8.09. The van der Waals surface area contributed by atoms with E-state index < -0.39 is 0 Å². The zero-order valence-electron chi connectivity index (χ0n) is 14.8. The van der Waals surface area contributed by atoms with E-state index in [9.17, 15) is 4.79 Å². The maximum absolute atomic E-state index is 12.4. The average Bonchev–Trinajstić information content (AvgIpc) is 3.08. The largest absolute Gasteiger partial charge is 0.485 e. The smallest absolute Gasteiger partial charge is 0.246 e. The first-order chi connectivity index (χ1) is 12.1. The lowest BCUT2D eigenvalue weighted by molar-refractivity contribution is -0.133. The summed E-state index contributed by atoms with van der Waals surface area (Å²) < 4.78 is 5.59. The lowest BCUT2D eigenvalue weighted by atomic mass is 9.87. The van der Waals surface area contributed by atoms with Crippen LogP contribution in [0.5, 0.6) is 5.75 Å². The van der Waals surface area contributed by atoms with Gasteiger partial charge in [0.1, 0.15) is 12.3 Å². The Bertz CT molecular complexity index is 680. The summed E-state index contributed by atoms with van der Waals surface area (Å²) in [7, 11) is 1.87. The molecule has 1 heterocycles. The molecular formula is C18H25N5O2. The van der Waals surface area contributed by atoms with Crippen LogP contribution in [-0.2, 0) is 17.9 Å². The van der Waals surface area contributed by atoms with E-state index in [4.69, 9.17) is 4.74 Å². The number of hydrogen-bond acceptors (Lipinski definition) is 5. The van der Waals surface area contributed by atoms with E-state index in [-0.39, 0.29) is 19.1 Å². The van der Waals surface area contributed by atoms with Crippen molar-refractivity contribution < 1.29 is 9.53 Å². The molecule has 0 atom stereocenters. The number of nitrogens with zero attached hydrogens (tertiary/aromatic N) is 5. The second-order valence-corrected chi connectivity index (χ2v) is 6.76. The molecule has 1 saturated carbocycles. The fourth-order valence-corrected chi connectivity index (χ4v) is 3.13. The van der Waals surface area contributed by atoms with Crippen molar-refractivity contribution >= 4 is 5.91 Å². The second-order valence-electron chi connectivity index (χ2n) is 6.76. The fourth-order valence-electron chi connectivity index (χ4n) is 3.13. The number of amides is 1. The predicted octanol–water partition coefficient (Wildman–Crippen LogP) is 2.29. The van der Waals surface area contributed by atoms with Crippen molar-refractivity contribution in [1.29, 1.82) is 0 Å². The van der Waals surface area contributed by atoms with Crippen LogP contribution in [0.4, 0.5) is 0 Å². The van der Waals surface area contributed by atoms with E-state index in [0.29, 0.717) is 11.9 Å². The first kappa shape index (κ1) is 17.4. The lowest BCUT2D eigenvalue weighted by Crippen LogP contribution is -2.41. The summed E-state index contributed by atoms with van der Waals surface area (Å²) in [6, 6.07) is 9.80. The first-order valence-electron chi connectivity index (χ1n) is 8.82. The van der Waals surface area contributed by atoms with Crippen LogP contribution in [-0.4, -0.2) is 44.1 Å². The van der Waals surface area contributed by atoms with Gasteiger partial charge >= 0.3 is 0 Å². The summed E-state index contributed by atoms with van der Waals surface area (Å²) in [6.45, 7) is 2.62. The van der Waals surface area contributed by atoms with Crippen LogP contribution >= 0.6 is 0 Å². The third kappa shape index (κ3) is 4.78. The molecule has 25 heavy (non-hydrogen) atoms. The molecule has 0 bridgehead atoms. The van der Waals surface area contributed by atoms with Crippen LogP contribution in [0.1, 0.15) is 38.4 Å². The topological polar surface area (TPSA) is 73.1 Å². The van der Waals surface area contributed by atoms with E-state index in [0.717, 1.165) is 24.5 Å². The molecule has 1 aromatic heterocycles. The molecule has 0 N–H and O–H groups in total. The Labute approximate surface area is 148 Å². The van der Waals surface area contributed by atoms with Gasteiger partial charge in [0.25, 0.3) is 0 Å².